The van der Waals surface area contributed by atoms with Gasteiger partial charge in [-0.15, -0.1) is 0 Å². The molecule has 3 heteroatoms. The van der Waals surface area contributed by atoms with Gasteiger partial charge in [-0.25, -0.2) is 4.57 Å². The highest BCUT2D eigenvalue weighted by atomic mass is 16.3. The van der Waals surface area contributed by atoms with Crippen LogP contribution in [0.2, 0.25) is 0 Å². The van der Waals surface area contributed by atoms with Gasteiger partial charge in [-0.05, 0) is 72.6 Å². The third-order valence-electron chi connectivity index (χ3n) is 7.90. The van der Waals surface area contributed by atoms with Crippen molar-refractivity contribution in [2.24, 2.45) is 19.5 Å². The molecule has 1 fully saturated rings. The molecule has 2 aromatic carbocycles. The Kier molecular flexibility index (Phi) is 3.88. The molecule has 1 aliphatic rings. The molecule has 5 aromatic rings. The largest absolute Gasteiger partial charge is 0.456 e. The minimum atomic E-state index is 0.482. The zero-order valence-electron chi connectivity index (χ0n) is 19.2. The fourth-order valence-electron chi connectivity index (χ4n) is 5.88. The molecular formula is C28H31N2O+. The summed E-state index contributed by atoms with van der Waals surface area (Å²) in [6, 6.07) is 11.4. The number of aryl methyl sites for hydroxylation is 3. The van der Waals surface area contributed by atoms with Crippen molar-refractivity contribution in [2.45, 2.75) is 52.4 Å². The summed E-state index contributed by atoms with van der Waals surface area (Å²) in [5.74, 6) is 0.633. The van der Waals surface area contributed by atoms with Crippen molar-refractivity contribution in [1.29, 1.82) is 0 Å². The number of hydrogen-bond donors (Lipinski definition) is 0. The molecule has 31 heavy (non-hydrogen) atoms. The second-order valence-electron chi connectivity index (χ2n) is 10.5. The van der Waals surface area contributed by atoms with Gasteiger partial charge in [0.15, 0.2) is 6.20 Å². The van der Waals surface area contributed by atoms with Gasteiger partial charge in [-0.2, -0.15) is 0 Å². The van der Waals surface area contributed by atoms with Crippen LogP contribution in [0.4, 0.5) is 0 Å². The monoisotopic (exact) mass is 411 g/mol. The molecule has 0 radical (unpaired) electrons. The van der Waals surface area contributed by atoms with Gasteiger partial charge in [0.1, 0.15) is 18.2 Å². The summed E-state index contributed by atoms with van der Waals surface area (Å²) in [4.78, 5) is 0. The Morgan fingerprint density at radius 2 is 1.77 bits per heavy atom. The maximum atomic E-state index is 6.66. The van der Waals surface area contributed by atoms with Crippen LogP contribution in [0.25, 0.3) is 43.7 Å². The first kappa shape index (κ1) is 18.9. The van der Waals surface area contributed by atoms with E-state index in [2.05, 4.69) is 86.7 Å². The van der Waals surface area contributed by atoms with Gasteiger partial charge in [0, 0.05) is 30.1 Å². The summed E-state index contributed by atoms with van der Waals surface area (Å²) >= 11 is 0. The zero-order valence-corrected chi connectivity index (χ0v) is 19.2. The van der Waals surface area contributed by atoms with E-state index >= 15 is 0 Å². The van der Waals surface area contributed by atoms with E-state index in [-0.39, 0.29) is 0 Å². The minimum Gasteiger partial charge on any atom is -0.456 e. The second-order valence-corrected chi connectivity index (χ2v) is 10.5. The summed E-state index contributed by atoms with van der Waals surface area (Å²) in [6.45, 7) is 7.05. The summed E-state index contributed by atoms with van der Waals surface area (Å²) in [7, 11) is 4.26. The molecule has 3 aromatic heterocycles. The number of pyridine rings is 1. The molecule has 0 amide bonds. The lowest BCUT2D eigenvalue weighted by Gasteiger charge is -2.34. The Balaban J connectivity index is 1.67. The Labute approximate surface area is 183 Å². The maximum absolute atomic E-state index is 6.66. The van der Waals surface area contributed by atoms with E-state index in [1.165, 1.54) is 69.4 Å². The highest BCUT2D eigenvalue weighted by Crippen LogP contribution is 2.44. The zero-order chi connectivity index (χ0) is 21.5. The van der Waals surface area contributed by atoms with Crippen LogP contribution in [0.15, 0.2) is 47.1 Å². The molecule has 3 heterocycles. The van der Waals surface area contributed by atoms with Crippen molar-refractivity contribution in [3.63, 3.8) is 0 Å². The number of rotatable bonds is 1. The highest BCUT2D eigenvalue weighted by molar-refractivity contribution is 6.19. The second kappa shape index (κ2) is 6.35. The number of hydrogen-bond acceptors (Lipinski definition) is 1. The van der Waals surface area contributed by atoms with Crippen molar-refractivity contribution >= 4 is 43.7 Å². The minimum absolute atomic E-state index is 0.482. The molecule has 0 saturated heterocycles. The maximum Gasteiger partial charge on any atom is 0.216 e. The Morgan fingerprint density at radius 1 is 1.03 bits per heavy atom. The van der Waals surface area contributed by atoms with Crippen molar-refractivity contribution < 1.29 is 8.98 Å². The van der Waals surface area contributed by atoms with E-state index in [1.54, 1.807) is 0 Å². The number of fused-ring (bicyclic) bond motifs is 3. The van der Waals surface area contributed by atoms with Gasteiger partial charge >= 0.3 is 0 Å². The first-order valence-electron chi connectivity index (χ1n) is 11.6. The first-order valence-corrected chi connectivity index (χ1v) is 11.6. The molecule has 3 nitrogen and oxygen atoms in total. The number of aromatic nitrogens is 2. The van der Waals surface area contributed by atoms with E-state index in [4.69, 9.17) is 4.42 Å². The molecule has 0 bridgehead atoms. The molecule has 0 N–H and O–H groups in total. The molecular weight excluding hydrogens is 380 g/mol. The lowest BCUT2D eigenvalue weighted by molar-refractivity contribution is -0.642. The average Bonchev–Trinajstić information content (AvgIpc) is 3.10. The van der Waals surface area contributed by atoms with E-state index in [9.17, 15) is 0 Å². The highest BCUT2D eigenvalue weighted by Gasteiger charge is 2.28. The van der Waals surface area contributed by atoms with Crippen LogP contribution < -0.4 is 4.57 Å². The first-order chi connectivity index (χ1) is 14.8. The van der Waals surface area contributed by atoms with Crippen LogP contribution in [0, 0.1) is 12.3 Å². The van der Waals surface area contributed by atoms with Gasteiger partial charge in [-0.3, -0.25) is 0 Å². The Morgan fingerprint density at radius 3 is 2.55 bits per heavy atom. The van der Waals surface area contributed by atoms with Crippen LogP contribution in [0.1, 0.15) is 56.6 Å². The third kappa shape index (κ3) is 2.75. The van der Waals surface area contributed by atoms with E-state index in [0.717, 1.165) is 11.2 Å². The van der Waals surface area contributed by atoms with E-state index in [1.807, 2.05) is 0 Å². The normalized spacial score (nSPS) is 17.5. The fourth-order valence-corrected chi connectivity index (χ4v) is 5.88. The Hall–Kier alpha value is -2.81. The predicted octanol–water partition coefficient (Wildman–Crippen LogP) is 7.05. The van der Waals surface area contributed by atoms with Gasteiger partial charge in [0.05, 0.1) is 17.0 Å². The topological polar surface area (TPSA) is 21.9 Å². The molecule has 0 aliphatic heterocycles. The summed E-state index contributed by atoms with van der Waals surface area (Å²) in [5, 5.41) is 5.07. The quantitative estimate of drug-likeness (QED) is 0.165. The SMILES string of the molecule is Cc1c2cc[n+](C)c2cc2oc3cc(C4CCC(C)(C)CC4)cc4ccn(C)c(c12)c43. The van der Waals surface area contributed by atoms with E-state index in [0.29, 0.717) is 11.3 Å². The molecule has 0 spiro atoms. The fraction of sp³-hybridized carbons (Fsp3) is 0.393. The van der Waals surface area contributed by atoms with Crippen LogP contribution in [0.5, 0.6) is 0 Å². The van der Waals surface area contributed by atoms with Gasteiger partial charge in [-0.1, -0.05) is 19.9 Å². The van der Waals surface area contributed by atoms with Gasteiger partial charge < -0.3 is 8.98 Å². The van der Waals surface area contributed by atoms with Gasteiger partial charge in [0.25, 0.3) is 0 Å². The lowest BCUT2D eigenvalue weighted by Crippen LogP contribution is -2.24. The summed E-state index contributed by atoms with van der Waals surface area (Å²) < 4.78 is 11.1. The molecule has 0 unspecified atom stereocenters. The van der Waals surface area contributed by atoms with Gasteiger partial charge in [0.2, 0.25) is 5.52 Å². The van der Waals surface area contributed by atoms with Crippen molar-refractivity contribution in [2.75, 3.05) is 0 Å². The van der Waals surface area contributed by atoms with Crippen molar-refractivity contribution in [3.05, 3.63) is 53.9 Å². The standard InChI is InChI=1S/C28H31N2O/c1-17-21-9-13-29(4)22(21)16-24-25(17)27-26-19(8-12-30(27)5)14-20(15-23(26)31-24)18-6-10-28(2,3)11-7-18/h8-9,12-16,18H,6-7,10-11H2,1-5H3/q+1. The lowest BCUT2D eigenvalue weighted by atomic mass is 9.71. The average molecular weight is 412 g/mol. The van der Waals surface area contributed by atoms with Crippen molar-refractivity contribution in [1.82, 2.24) is 4.57 Å². The van der Waals surface area contributed by atoms with Crippen LogP contribution >= 0.6 is 0 Å². The smallest absolute Gasteiger partial charge is 0.216 e. The summed E-state index contributed by atoms with van der Waals surface area (Å²) in [6.07, 6.45) is 9.48. The number of benzene rings is 2. The molecule has 0 atom stereocenters. The molecule has 1 saturated carbocycles. The molecule has 1 aliphatic carbocycles. The predicted molar refractivity (Wildman–Crippen MR) is 129 cm³/mol. The Bertz CT molecular complexity index is 1490. The molecule has 158 valence electrons. The summed E-state index contributed by atoms with van der Waals surface area (Å²) in [5.41, 5.74) is 7.70. The number of nitrogens with zero attached hydrogens (tertiary/aromatic N) is 2. The van der Waals surface area contributed by atoms with E-state index < -0.39 is 0 Å². The van der Waals surface area contributed by atoms with Crippen LogP contribution in [0.3, 0.4) is 0 Å². The van der Waals surface area contributed by atoms with Crippen molar-refractivity contribution in [3.8, 4) is 0 Å². The van der Waals surface area contributed by atoms with Crippen LogP contribution in [-0.4, -0.2) is 4.57 Å². The third-order valence-corrected chi connectivity index (χ3v) is 7.90. The molecule has 6 rings (SSSR count). The van der Waals surface area contributed by atoms with Crippen LogP contribution in [-0.2, 0) is 14.1 Å².